The largest absolute Gasteiger partial charge is 0.286 e. The van der Waals surface area contributed by atoms with Crippen LogP contribution in [0, 0.1) is 0 Å². The molecule has 1 N–H and O–H groups in total. The van der Waals surface area contributed by atoms with Crippen molar-refractivity contribution in [1.29, 1.82) is 0 Å². The van der Waals surface area contributed by atoms with Crippen LogP contribution in [0.2, 0.25) is 0 Å². The highest BCUT2D eigenvalue weighted by atomic mass is 32.2. The fourth-order valence-electron chi connectivity index (χ4n) is 0.945. The van der Waals surface area contributed by atoms with E-state index >= 15 is 0 Å². The molecule has 0 atom stereocenters. The van der Waals surface area contributed by atoms with Crippen LogP contribution < -0.4 is 4.57 Å². The zero-order chi connectivity index (χ0) is 9.90. The molecule has 72 valence electrons. The average molecular weight is 202 g/mol. The summed E-state index contributed by atoms with van der Waals surface area (Å²) in [5, 5.41) is 0. The van der Waals surface area contributed by atoms with Gasteiger partial charge in [0, 0.05) is 12.1 Å². The molecular formula is C8H12NO3S+. The van der Waals surface area contributed by atoms with Gasteiger partial charge >= 0.3 is 0 Å². The van der Waals surface area contributed by atoms with Crippen LogP contribution in [0.5, 0.6) is 0 Å². The summed E-state index contributed by atoms with van der Waals surface area (Å²) in [6.45, 7) is 0. The fraction of sp³-hybridized carbons (Fsp3) is 0.375. The van der Waals surface area contributed by atoms with Crippen molar-refractivity contribution in [3.05, 3.63) is 30.1 Å². The Morgan fingerprint density at radius 2 is 1.92 bits per heavy atom. The highest BCUT2D eigenvalue weighted by Gasteiger charge is 2.05. The van der Waals surface area contributed by atoms with E-state index in [1.807, 2.05) is 36.1 Å². The maximum Gasteiger partial charge on any atom is 0.265 e. The van der Waals surface area contributed by atoms with Crippen molar-refractivity contribution in [2.75, 3.05) is 5.75 Å². The molecule has 4 nitrogen and oxygen atoms in total. The van der Waals surface area contributed by atoms with Crippen molar-refractivity contribution >= 4 is 10.1 Å². The second-order valence-corrected chi connectivity index (χ2v) is 4.48. The van der Waals surface area contributed by atoms with Crippen LogP contribution in [0.1, 0.15) is 5.56 Å². The molecule has 1 aromatic rings. The third kappa shape index (κ3) is 4.00. The van der Waals surface area contributed by atoms with Gasteiger partial charge in [-0.2, -0.15) is 8.42 Å². The van der Waals surface area contributed by atoms with Gasteiger partial charge in [-0.3, -0.25) is 4.55 Å². The van der Waals surface area contributed by atoms with Gasteiger partial charge in [0.15, 0.2) is 12.4 Å². The maximum absolute atomic E-state index is 10.4. The Balaban J connectivity index is 2.61. The first kappa shape index (κ1) is 10.1. The van der Waals surface area contributed by atoms with Crippen molar-refractivity contribution < 1.29 is 17.5 Å². The predicted molar refractivity (Wildman–Crippen MR) is 47.7 cm³/mol. The molecule has 0 aliphatic heterocycles. The maximum atomic E-state index is 10.4. The summed E-state index contributed by atoms with van der Waals surface area (Å²) >= 11 is 0. The van der Waals surface area contributed by atoms with Gasteiger partial charge in [-0.25, -0.2) is 4.57 Å². The molecule has 0 unspecified atom stereocenters. The van der Waals surface area contributed by atoms with Gasteiger partial charge in [-0.1, -0.05) is 0 Å². The van der Waals surface area contributed by atoms with Crippen LogP contribution >= 0.6 is 0 Å². The lowest BCUT2D eigenvalue weighted by Gasteiger charge is -1.96. The minimum atomic E-state index is -3.84. The van der Waals surface area contributed by atoms with Crippen LogP contribution in [-0.2, 0) is 23.6 Å². The monoisotopic (exact) mass is 202 g/mol. The Bertz CT molecular complexity index is 369. The molecule has 0 amide bonds. The number of pyridine rings is 1. The smallest absolute Gasteiger partial charge is 0.265 e. The molecule has 1 aromatic heterocycles. The van der Waals surface area contributed by atoms with Gasteiger partial charge in [0.25, 0.3) is 10.1 Å². The average Bonchev–Trinajstić information content (AvgIpc) is 2.02. The molecule has 1 heterocycles. The lowest BCUT2D eigenvalue weighted by atomic mass is 10.2. The fourth-order valence-corrected chi connectivity index (χ4v) is 1.44. The predicted octanol–water partition coefficient (Wildman–Crippen LogP) is -0.0586. The molecule has 0 spiro atoms. The van der Waals surface area contributed by atoms with Gasteiger partial charge in [0.1, 0.15) is 7.05 Å². The Kier molecular flexibility index (Phi) is 3.00. The van der Waals surface area contributed by atoms with Gasteiger partial charge < -0.3 is 0 Å². The van der Waals surface area contributed by atoms with Gasteiger partial charge in [-0.15, -0.1) is 0 Å². The third-order valence-corrected chi connectivity index (χ3v) is 2.42. The van der Waals surface area contributed by atoms with E-state index in [0.29, 0.717) is 6.42 Å². The van der Waals surface area contributed by atoms with Crippen LogP contribution in [0.3, 0.4) is 0 Å². The van der Waals surface area contributed by atoms with Crippen molar-refractivity contribution in [3.63, 3.8) is 0 Å². The zero-order valence-electron chi connectivity index (χ0n) is 7.34. The Morgan fingerprint density at radius 1 is 1.38 bits per heavy atom. The molecule has 0 saturated carbocycles. The Morgan fingerprint density at radius 3 is 2.38 bits per heavy atom. The molecule has 0 saturated heterocycles. The SMILES string of the molecule is C[n+]1ccc(CCS(=O)(=O)O)cc1. The Labute approximate surface area is 77.6 Å². The first-order valence-electron chi connectivity index (χ1n) is 3.87. The van der Waals surface area contributed by atoms with Gasteiger partial charge in [0.2, 0.25) is 0 Å². The van der Waals surface area contributed by atoms with E-state index in [0.717, 1.165) is 5.56 Å². The van der Waals surface area contributed by atoms with Crippen LogP contribution in [0.4, 0.5) is 0 Å². The van der Waals surface area contributed by atoms with Crippen molar-refractivity contribution in [3.8, 4) is 0 Å². The van der Waals surface area contributed by atoms with Crippen LogP contribution in [0.15, 0.2) is 24.5 Å². The van der Waals surface area contributed by atoms with E-state index in [9.17, 15) is 8.42 Å². The number of aromatic nitrogens is 1. The lowest BCUT2D eigenvalue weighted by molar-refractivity contribution is -0.671. The zero-order valence-corrected chi connectivity index (χ0v) is 8.16. The number of nitrogens with zero attached hydrogens (tertiary/aromatic N) is 1. The number of hydrogen-bond acceptors (Lipinski definition) is 2. The minimum absolute atomic E-state index is 0.222. The van der Waals surface area contributed by atoms with Crippen molar-refractivity contribution in [2.24, 2.45) is 7.05 Å². The summed E-state index contributed by atoms with van der Waals surface area (Å²) in [5.41, 5.74) is 0.899. The van der Waals surface area contributed by atoms with E-state index in [-0.39, 0.29) is 5.75 Å². The first-order chi connectivity index (χ1) is 5.97. The van der Waals surface area contributed by atoms with E-state index in [1.54, 1.807) is 0 Å². The third-order valence-electron chi connectivity index (χ3n) is 1.70. The van der Waals surface area contributed by atoms with E-state index in [1.165, 1.54) is 0 Å². The normalized spacial score (nSPS) is 11.5. The summed E-state index contributed by atoms with van der Waals surface area (Å²) in [7, 11) is -1.96. The molecule has 5 heteroatoms. The molecule has 0 bridgehead atoms. The molecule has 1 rings (SSSR count). The van der Waals surface area contributed by atoms with Gasteiger partial charge in [-0.05, 0) is 12.0 Å². The van der Waals surface area contributed by atoms with E-state index in [4.69, 9.17) is 4.55 Å². The van der Waals surface area contributed by atoms with Crippen LogP contribution in [-0.4, -0.2) is 18.7 Å². The Hall–Kier alpha value is -0.940. The molecule has 0 aliphatic rings. The summed E-state index contributed by atoms with van der Waals surface area (Å²) in [4.78, 5) is 0. The second-order valence-electron chi connectivity index (χ2n) is 2.91. The molecular weight excluding hydrogens is 190 g/mol. The standard InChI is InChI=1S/C8H11NO3S/c1-9-5-2-8(3-6-9)4-7-13(10,11)12/h2-3,5-6H,4,7H2,1H3/p+1. The lowest BCUT2D eigenvalue weighted by Crippen LogP contribution is -2.26. The highest BCUT2D eigenvalue weighted by Crippen LogP contribution is 1.98. The van der Waals surface area contributed by atoms with E-state index in [2.05, 4.69) is 0 Å². The van der Waals surface area contributed by atoms with Crippen LogP contribution in [0.25, 0.3) is 0 Å². The van der Waals surface area contributed by atoms with Crippen molar-refractivity contribution in [1.82, 2.24) is 0 Å². The van der Waals surface area contributed by atoms with E-state index < -0.39 is 10.1 Å². The highest BCUT2D eigenvalue weighted by molar-refractivity contribution is 7.85. The van der Waals surface area contributed by atoms with Gasteiger partial charge in [0.05, 0.1) is 5.75 Å². The number of hydrogen-bond donors (Lipinski definition) is 1. The molecule has 0 aromatic carbocycles. The molecule has 0 fully saturated rings. The summed E-state index contributed by atoms with van der Waals surface area (Å²) in [6, 6.07) is 3.65. The molecule has 13 heavy (non-hydrogen) atoms. The minimum Gasteiger partial charge on any atom is -0.286 e. The summed E-state index contributed by atoms with van der Waals surface area (Å²) in [6.07, 6.45) is 4.01. The second kappa shape index (κ2) is 3.85. The molecule has 0 radical (unpaired) electrons. The van der Waals surface area contributed by atoms with Crippen molar-refractivity contribution in [2.45, 2.75) is 6.42 Å². The quantitative estimate of drug-likeness (QED) is 0.552. The number of rotatable bonds is 3. The summed E-state index contributed by atoms with van der Waals surface area (Å²) in [5.74, 6) is -0.222. The topological polar surface area (TPSA) is 58.2 Å². The molecule has 0 aliphatic carbocycles. The summed E-state index contributed by atoms with van der Waals surface area (Å²) < 4.78 is 31.2. The number of aryl methyl sites for hydroxylation is 2. The first-order valence-corrected chi connectivity index (χ1v) is 5.47.